The first kappa shape index (κ1) is 16.3. The van der Waals surface area contributed by atoms with Gasteiger partial charge in [-0.15, -0.1) is 0 Å². The van der Waals surface area contributed by atoms with Gasteiger partial charge in [-0.25, -0.2) is 4.79 Å². The summed E-state index contributed by atoms with van der Waals surface area (Å²) < 4.78 is 5.02. The van der Waals surface area contributed by atoms with E-state index in [2.05, 4.69) is 27.6 Å². The van der Waals surface area contributed by atoms with Crippen LogP contribution in [0.15, 0.2) is 59.1 Å². The van der Waals surface area contributed by atoms with Gasteiger partial charge < -0.3 is 14.7 Å². The van der Waals surface area contributed by atoms with Crippen LogP contribution in [0.2, 0.25) is 0 Å². The van der Waals surface area contributed by atoms with E-state index >= 15 is 0 Å². The van der Waals surface area contributed by atoms with Crippen LogP contribution in [0.5, 0.6) is 0 Å². The molecule has 1 fully saturated rings. The molecular weight excluding hydrogens is 328 g/mol. The lowest BCUT2D eigenvalue weighted by Crippen LogP contribution is -2.32. The van der Waals surface area contributed by atoms with E-state index < -0.39 is 0 Å². The molecule has 1 aromatic heterocycles. The van der Waals surface area contributed by atoms with E-state index in [-0.39, 0.29) is 6.03 Å². The fraction of sp³-hybridized carbons (Fsp3) is 0.250. The molecule has 26 heavy (non-hydrogen) atoms. The molecular formula is C20H20N4O2. The van der Waals surface area contributed by atoms with Crippen molar-refractivity contribution in [2.75, 3.05) is 18.4 Å². The average Bonchev–Trinajstić information content (AvgIpc) is 3.32. The summed E-state index contributed by atoms with van der Waals surface area (Å²) in [6.45, 7) is 3.24. The summed E-state index contributed by atoms with van der Waals surface area (Å²) in [6.07, 6.45) is 0.986. The number of urea groups is 1. The highest BCUT2D eigenvalue weighted by molar-refractivity contribution is 5.90. The second-order valence-electron chi connectivity index (χ2n) is 6.49. The maximum absolute atomic E-state index is 12.6. The van der Waals surface area contributed by atoms with Crippen molar-refractivity contribution in [3.8, 4) is 11.4 Å². The number of aromatic nitrogens is 2. The van der Waals surface area contributed by atoms with Gasteiger partial charge in [0.15, 0.2) is 0 Å². The number of carbonyl (C=O) groups is 1. The van der Waals surface area contributed by atoms with Gasteiger partial charge >= 0.3 is 6.03 Å². The van der Waals surface area contributed by atoms with Crippen LogP contribution in [0.25, 0.3) is 11.4 Å². The van der Waals surface area contributed by atoms with Crippen LogP contribution in [-0.2, 0) is 0 Å². The van der Waals surface area contributed by atoms with Crippen LogP contribution < -0.4 is 5.32 Å². The summed E-state index contributed by atoms with van der Waals surface area (Å²) in [5, 5.41) is 6.89. The van der Waals surface area contributed by atoms with E-state index in [1.807, 2.05) is 47.4 Å². The van der Waals surface area contributed by atoms with Crippen LogP contribution in [0.3, 0.4) is 0 Å². The Morgan fingerprint density at radius 1 is 1.19 bits per heavy atom. The van der Waals surface area contributed by atoms with Gasteiger partial charge in [-0.2, -0.15) is 4.98 Å². The zero-order valence-corrected chi connectivity index (χ0v) is 14.6. The third-order valence-corrected chi connectivity index (χ3v) is 4.65. The number of benzene rings is 2. The summed E-state index contributed by atoms with van der Waals surface area (Å²) in [5.74, 6) is 1.43. The van der Waals surface area contributed by atoms with Gasteiger partial charge in [0.05, 0.1) is 0 Å². The number of carbonyl (C=O) groups excluding carboxylic acids is 1. The lowest BCUT2D eigenvalue weighted by molar-refractivity contribution is 0.222. The summed E-state index contributed by atoms with van der Waals surface area (Å²) in [7, 11) is 0. The van der Waals surface area contributed by atoms with Crippen molar-refractivity contribution in [2.45, 2.75) is 19.3 Å². The van der Waals surface area contributed by atoms with E-state index in [1.165, 1.54) is 5.56 Å². The lowest BCUT2D eigenvalue weighted by Gasteiger charge is -2.18. The molecule has 1 aliphatic heterocycles. The van der Waals surface area contributed by atoms with Crippen molar-refractivity contribution in [1.82, 2.24) is 15.0 Å². The predicted octanol–water partition coefficient (Wildman–Crippen LogP) is 4.07. The Morgan fingerprint density at radius 2 is 2.04 bits per heavy atom. The Balaban J connectivity index is 1.42. The van der Waals surface area contributed by atoms with Crippen LogP contribution in [0.1, 0.15) is 23.8 Å². The smallest absolute Gasteiger partial charge is 0.321 e. The molecule has 3 aromatic rings. The van der Waals surface area contributed by atoms with E-state index in [1.54, 1.807) is 6.92 Å². The largest absolute Gasteiger partial charge is 0.339 e. The molecule has 0 unspecified atom stereocenters. The number of rotatable bonds is 3. The van der Waals surface area contributed by atoms with Gasteiger partial charge in [0.1, 0.15) is 0 Å². The predicted molar refractivity (Wildman–Crippen MR) is 98.9 cm³/mol. The molecule has 0 aliphatic carbocycles. The van der Waals surface area contributed by atoms with E-state index in [0.717, 1.165) is 30.8 Å². The first-order valence-corrected chi connectivity index (χ1v) is 8.70. The van der Waals surface area contributed by atoms with Crippen molar-refractivity contribution in [1.29, 1.82) is 0 Å². The standard InChI is InChI=1S/C20H20N4O2/c1-14-21-19(23-26-14)16-8-5-9-18(12-16)22-20(25)24-11-10-17(13-24)15-6-3-2-4-7-15/h2-9,12,17H,10-11,13H2,1H3,(H,22,25)/t17-/m1/s1. The van der Waals surface area contributed by atoms with Crippen LogP contribution in [-0.4, -0.2) is 34.2 Å². The lowest BCUT2D eigenvalue weighted by atomic mass is 9.99. The highest BCUT2D eigenvalue weighted by Gasteiger charge is 2.27. The Labute approximate surface area is 151 Å². The van der Waals surface area contributed by atoms with Gasteiger partial charge in [0, 0.05) is 37.2 Å². The van der Waals surface area contributed by atoms with E-state index in [0.29, 0.717) is 17.6 Å². The zero-order valence-electron chi connectivity index (χ0n) is 14.6. The highest BCUT2D eigenvalue weighted by atomic mass is 16.5. The van der Waals surface area contributed by atoms with Gasteiger partial charge in [-0.05, 0) is 24.1 Å². The maximum atomic E-state index is 12.6. The number of likely N-dealkylation sites (tertiary alicyclic amines) is 1. The summed E-state index contributed by atoms with van der Waals surface area (Å²) in [5.41, 5.74) is 2.82. The Hall–Kier alpha value is -3.15. The first-order valence-electron chi connectivity index (χ1n) is 8.70. The summed E-state index contributed by atoms with van der Waals surface area (Å²) in [6, 6.07) is 17.8. The van der Waals surface area contributed by atoms with Crippen molar-refractivity contribution in [3.63, 3.8) is 0 Å². The molecule has 0 spiro atoms. The van der Waals surface area contributed by atoms with Crippen LogP contribution >= 0.6 is 0 Å². The monoisotopic (exact) mass is 348 g/mol. The van der Waals surface area contributed by atoms with Gasteiger partial charge in [-0.1, -0.05) is 47.6 Å². The number of hydrogen-bond donors (Lipinski definition) is 1. The van der Waals surface area contributed by atoms with Crippen molar-refractivity contribution < 1.29 is 9.32 Å². The maximum Gasteiger partial charge on any atom is 0.321 e. The minimum absolute atomic E-state index is 0.0788. The number of nitrogens with zero attached hydrogens (tertiary/aromatic N) is 3. The molecule has 1 atom stereocenters. The summed E-state index contributed by atoms with van der Waals surface area (Å²) >= 11 is 0. The highest BCUT2D eigenvalue weighted by Crippen LogP contribution is 2.27. The molecule has 4 rings (SSSR count). The van der Waals surface area contributed by atoms with Crippen molar-refractivity contribution in [2.24, 2.45) is 0 Å². The molecule has 1 saturated heterocycles. The normalized spacial score (nSPS) is 16.7. The first-order chi connectivity index (χ1) is 12.7. The van der Waals surface area contributed by atoms with Gasteiger partial charge in [-0.3, -0.25) is 0 Å². The second kappa shape index (κ2) is 7.00. The number of nitrogens with one attached hydrogen (secondary N) is 1. The number of aryl methyl sites for hydroxylation is 1. The number of amides is 2. The average molecular weight is 348 g/mol. The Morgan fingerprint density at radius 3 is 2.81 bits per heavy atom. The van der Waals surface area contributed by atoms with Crippen LogP contribution in [0, 0.1) is 6.92 Å². The minimum Gasteiger partial charge on any atom is -0.339 e. The topological polar surface area (TPSA) is 71.3 Å². The number of anilines is 1. The Kier molecular flexibility index (Phi) is 4.39. The molecule has 0 radical (unpaired) electrons. The third-order valence-electron chi connectivity index (χ3n) is 4.65. The van der Waals surface area contributed by atoms with Gasteiger partial charge in [0.25, 0.3) is 0 Å². The molecule has 2 amide bonds. The molecule has 2 heterocycles. The molecule has 6 nitrogen and oxygen atoms in total. The van der Waals surface area contributed by atoms with E-state index in [9.17, 15) is 4.79 Å². The van der Waals surface area contributed by atoms with E-state index in [4.69, 9.17) is 4.52 Å². The quantitative estimate of drug-likeness (QED) is 0.774. The molecule has 132 valence electrons. The Bertz CT molecular complexity index is 907. The molecule has 6 heteroatoms. The molecule has 0 bridgehead atoms. The fourth-order valence-electron chi connectivity index (χ4n) is 3.30. The molecule has 1 N–H and O–H groups in total. The zero-order chi connectivity index (χ0) is 17.9. The van der Waals surface area contributed by atoms with Crippen molar-refractivity contribution >= 4 is 11.7 Å². The molecule has 1 aliphatic rings. The fourth-order valence-corrected chi connectivity index (χ4v) is 3.30. The summed E-state index contributed by atoms with van der Waals surface area (Å²) in [4.78, 5) is 18.7. The minimum atomic E-state index is -0.0788. The number of hydrogen-bond acceptors (Lipinski definition) is 4. The third kappa shape index (κ3) is 3.44. The molecule has 0 saturated carbocycles. The second-order valence-corrected chi connectivity index (χ2v) is 6.49. The van der Waals surface area contributed by atoms with Crippen LogP contribution in [0.4, 0.5) is 10.5 Å². The van der Waals surface area contributed by atoms with Gasteiger partial charge in [0.2, 0.25) is 11.7 Å². The van der Waals surface area contributed by atoms with Crippen molar-refractivity contribution in [3.05, 3.63) is 66.1 Å². The molecule has 2 aromatic carbocycles. The SMILES string of the molecule is Cc1nc(-c2cccc(NC(=O)N3CC[C@@H](c4ccccc4)C3)c2)no1.